The number of hydrogen-bond donors (Lipinski definition) is 0. The Balaban J connectivity index is 1.54. The zero-order chi connectivity index (χ0) is 20.6. The first-order valence-corrected chi connectivity index (χ1v) is 10.7. The maximum absolute atomic E-state index is 14.1. The molecule has 0 radical (unpaired) electrons. The van der Waals surface area contributed by atoms with Gasteiger partial charge in [0, 0.05) is 45.5 Å². The van der Waals surface area contributed by atoms with Crippen LogP contribution < -0.4 is 0 Å². The van der Waals surface area contributed by atoms with Gasteiger partial charge in [0.25, 0.3) is 0 Å². The lowest BCUT2D eigenvalue weighted by atomic mass is 9.72. The second-order valence-electron chi connectivity index (χ2n) is 8.44. The van der Waals surface area contributed by atoms with Crippen LogP contribution in [0, 0.1) is 0 Å². The van der Waals surface area contributed by atoms with Gasteiger partial charge in [0.2, 0.25) is 5.91 Å². The summed E-state index contributed by atoms with van der Waals surface area (Å²) in [7, 11) is 1.94. The Labute approximate surface area is 177 Å². The first-order chi connectivity index (χ1) is 14.7. The van der Waals surface area contributed by atoms with Crippen LogP contribution in [-0.4, -0.2) is 40.3 Å². The second kappa shape index (κ2) is 7.73. The van der Waals surface area contributed by atoms with E-state index in [1.807, 2.05) is 36.1 Å². The minimum atomic E-state index is -0.509. The van der Waals surface area contributed by atoms with E-state index in [1.54, 1.807) is 0 Å². The Bertz CT molecular complexity index is 1040. The first kappa shape index (κ1) is 19.1. The van der Waals surface area contributed by atoms with Crippen LogP contribution in [-0.2, 0) is 28.5 Å². The summed E-state index contributed by atoms with van der Waals surface area (Å²) in [6.45, 7) is 2.58. The number of amides is 1. The van der Waals surface area contributed by atoms with Crippen LogP contribution >= 0.6 is 0 Å². The number of ether oxygens (including phenoxy) is 1. The van der Waals surface area contributed by atoms with Gasteiger partial charge in [-0.1, -0.05) is 54.6 Å². The van der Waals surface area contributed by atoms with E-state index in [0.29, 0.717) is 26.3 Å². The van der Waals surface area contributed by atoms with Crippen molar-refractivity contribution < 1.29 is 9.53 Å². The van der Waals surface area contributed by atoms with Gasteiger partial charge >= 0.3 is 0 Å². The normalized spacial score (nSPS) is 20.6. The second-order valence-corrected chi connectivity index (χ2v) is 8.44. The average Bonchev–Trinajstić information content (AvgIpc) is 3.25. The molecule has 30 heavy (non-hydrogen) atoms. The van der Waals surface area contributed by atoms with E-state index in [2.05, 4.69) is 52.6 Å². The Morgan fingerprint density at radius 2 is 1.80 bits per heavy atom. The van der Waals surface area contributed by atoms with Crippen molar-refractivity contribution in [1.29, 1.82) is 0 Å². The molecule has 1 fully saturated rings. The number of aromatic nitrogens is 2. The van der Waals surface area contributed by atoms with E-state index < -0.39 is 5.41 Å². The number of rotatable bonds is 3. The molecule has 0 bridgehead atoms. The van der Waals surface area contributed by atoms with Crippen molar-refractivity contribution in [3.05, 3.63) is 89.2 Å². The topological polar surface area (TPSA) is 47.4 Å². The summed E-state index contributed by atoms with van der Waals surface area (Å²) in [5.74, 6) is 0.362. The van der Waals surface area contributed by atoms with Gasteiger partial charge in [-0.2, -0.15) is 5.10 Å². The fraction of sp³-hybridized carbons (Fsp3) is 0.360. The van der Waals surface area contributed by atoms with Gasteiger partial charge in [0.05, 0.1) is 11.6 Å². The number of fused-ring (bicyclic) bond motifs is 1. The molecule has 2 aromatic carbocycles. The summed E-state index contributed by atoms with van der Waals surface area (Å²) < 4.78 is 7.49. The first-order valence-electron chi connectivity index (χ1n) is 10.7. The molecule has 1 atom stereocenters. The maximum atomic E-state index is 14.1. The Morgan fingerprint density at radius 3 is 2.53 bits per heavy atom. The highest BCUT2D eigenvalue weighted by Gasteiger charge is 2.45. The molecule has 5 rings (SSSR count). The predicted molar refractivity (Wildman–Crippen MR) is 115 cm³/mol. The number of hydrogen-bond acceptors (Lipinski definition) is 3. The molecule has 1 saturated heterocycles. The highest BCUT2D eigenvalue weighted by atomic mass is 16.5. The zero-order valence-corrected chi connectivity index (χ0v) is 17.3. The minimum absolute atomic E-state index is 0.139. The molecule has 2 aliphatic heterocycles. The van der Waals surface area contributed by atoms with Gasteiger partial charge in [-0.3, -0.25) is 9.48 Å². The molecule has 0 N–H and O–H groups in total. The highest BCUT2D eigenvalue weighted by Crippen LogP contribution is 2.40. The van der Waals surface area contributed by atoms with Crippen LogP contribution in [0.15, 0.2) is 67.0 Å². The molecule has 3 heterocycles. The molecule has 1 aromatic heterocycles. The monoisotopic (exact) mass is 401 g/mol. The molecule has 154 valence electrons. The van der Waals surface area contributed by atoms with E-state index >= 15 is 0 Å². The molecule has 1 amide bonds. The van der Waals surface area contributed by atoms with Crippen molar-refractivity contribution in [2.45, 2.75) is 30.7 Å². The summed E-state index contributed by atoms with van der Waals surface area (Å²) >= 11 is 0. The molecule has 2 aliphatic rings. The van der Waals surface area contributed by atoms with Crippen LogP contribution in [0.4, 0.5) is 0 Å². The van der Waals surface area contributed by atoms with Crippen LogP contribution in [0.25, 0.3) is 0 Å². The third-order valence-corrected chi connectivity index (χ3v) is 6.69. The summed E-state index contributed by atoms with van der Waals surface area (Å²) in [5, 5.41) is 4.38. The van der Waals surface area contributed by atoms with Gasteiger partial charge in [-0.15, -0.1) is 0 Å². The smallest absolute Gasteiger partial charge is 0.233 e. The number of aryl methyl sites for hydroxylation is 1. The van der Waals surface area contributed by atoms with Crippen LogP contribution in [0.1, 0.15) is 41.0 Å². The van der Waals surface area contributed by atoms with E-state index in [9.17, 15) is 4.79 Å². The molecular weight excluding hydrogens is 374 g/mol. The highest BCUT2D eigenvalue weighted by molar-refractivity contribution is 5.89. The van der Waals surface area contributed by atoms with E-state index in [0.717, 1.165) is 24.0 Å². The van der Waals surface area contributed by atoms with Crippen molar-refractivity contribution in [2.75, 3.05) is 19.8 Å². The van der Waals surface area contributed by atoms with Crippen molar-refractivity contribution in [3.8, 4) is 0 Å². The SMILES string of the molecule is Cn1cc([C@H]2CN(C(=O)C3(c4ccccc4)CCOCC3)Cc3ccccc32)cn1. The van der Waals surface area contributed by atoms with Crippen molar-refractivity contribution in [2.24, 2.45) is 7.05 Å². The van der Waals surface area contributed by atoms with Crippen molar-refractivity contribution in [1.82, 2.24) is 14.7 Å². The zero-order valence-electron chi connectivity index (χ0n) is 17.3. The summed E-state index contributed by atoms with van der Waals surface area (Å²) in [6, 6.07) is 18.8. The van der Waals surface area contributed by atoms with Gasteiger partial charge in [0.1, 0.15) is 0 Å². The molecule has 0 spiro atoms. The minimum Gasteiger partial charge on any atom is -0.381 e. The Kier molecular flexibility index (Phi) is 4.91. The number of nitrogens with zero attached hydrogens (tertiary/aromatic N) is 3. The van der Waals surface area contributed by atoms with Crippen molar-refractivity contribution >= 4 is 5.91 Å². The maximum Gasteiger partial charge on any atom is 0.233 e. The molecular formula is C25H27N3O2. The van der Waals surface area contributed by atoms with Crippen molar-refractivity contribution in [3.63, 3.8) is 0 Å². The predicted octanol–water partition coefficient (Wildman–Crippen LogP) is 3.64. The third kappa shape index (κ3) is 3.23. The summed E-state index contributed by atoms with van der Waals surface area (Å²) in [5.41, 5.74) is 4.28. The lowest BCUT2D eigenvalue weighted by molar-refractivity contribution is -0.142. The van der Waals surface area contributed by atoms with Gasteiger partial charge in [0.15, 0.2) is 0 Å². The van der Waals surface area contributed by atoms with E-state index in [1.165, 1.54) is 11.1 Å². The van der Waals surface area contributed by atoms with E-state index in [4.69, 9.17) is 4.74 Å². The summed E-state index contributed by atoms with van der Waals surface area (Å²) in [4.78, 5) is 16.2. The lowest BCUT2D eigenvalue weighted by Crippen LogP contribution is -2.51. The standard InChI is InChI=1S/C25H27N3O2/c1-27-16-20(15-26-27)23-18-28(17-19-7-5-6-10-22(19)23)24(29)25(11-13-30-14-12-25)21-8-3-2-4-9-21/h2-10,15-16,23H,11-14,17-18H2,1H3/t23-/m1/s1. The van der Waals surface area contributed by atoms with Crippen LogP contribution in [0.3, 0.4) is 0 Å². The fourth-order valence-electron chi connectivity index (χ4n) is 5.07. The van der Waals surface area contributed by atoms with E-state index in [-0.39, 0.29) is 11.8 Å². The lowest BCUT2D eigenvalue weighted by Gasteiger charge is -2.43. The quantitative estimate of drug-likeness (QED) is 0.673. The van der Waals surface area contributed by atoms with Crippen LogP contribution in [0.5, 0.6) is 0 Å². The number of carbonyl (C=O) groups excluding carboxylic acids is 1. The Hall–Kier alpha value is -2.92. The van der Waals surface area contributed by atoms with Gasteiger partial charge < -0.3 is 9.64 Å². The Morgan fingerprint density at radius 1 is 1.07 bits per heavy atom. The molecule has 0 saturated carbocycles. The molecule has 0 aliphatic carbocycles. The molecule has 5 nitrogen and oxygen atoms in total. The molecule has 0 unspecified atom stereocenters. The fourth-order valence-corrected chi connectivity index (χ4v) is 5.07. The molecule has 5 heteroatoms. The van der Waals surface area contributed by atoms with Gasteiger partial charge in [-0.05, 0) is 35.1 Å². The average molecular weight is 402 g/mol. The number of carbonyl (C=O) groups is 1. The third-order valence-electron chi connectivity index (χ3n) is 6.69. The van der Waals surface area contributed by atoms with Crippen LogP contribution in [0.2, 0.25) is 0 Å². The summed E-state index contributed by atoms with van der Waals surface area (Å²) in [6.07, 6.45) is 5.45. The van der Waals surface area contributed by atoms with Gasteiger partial charge in [-0.25, -0.2) is 0 Å². The molecule has 3 aromatic rings. The number of benzene rings is 2. The largest absolute Gasteiger partial charge is 0.381 e.